The quantitative estimate of drug-likeness (QED) is 0.891. The monoisotopic (exact) mass is 269 g/mol. The van der Waals surface area contributed by atoms with Crippen LogP contribution in [0.5, 0.6) is 0 Å². The largest absolute Gasteiger partial charge is 0.373 e. The van der Waals surface area contributed by atoms with Gasteiger partial charge in [-0.25, -0.2) is 4.98 Å². The van der Waals surface area contributed by atoms with Crippen molar-refractivity contribution in [3.05, 3.63) is 11.1 Å². The summed E-state index contributed by atoms with van der Waals surface area (Å²) in [6, 6.07) is 0. The van der Waals surface area contributed by atoms with Crippen LogP contribution in [-0.2, 0) is 11.3 Å². The van der Waals surface area contributed by atoms with E-state index in [1.54, 1.807) is 11.3 Å². The average molecular weight is 269 g/mol. The molecule has 1 fully saturated rings. The summed E-state index contributed by atoms with van der Waals surface area (Å²) in [5.74, 6) is 0. The molecule has 0 aliphatic carbocycles. The molecular formula is C13H23N3OS. The molecule has 0 bridgehead atoms. The molecule has 0 radical (unpaired) electrons. The lowest BCUT2D eigenvalue weighted by Crippen LogP contribution is -2.44. The number of anilines is 1. The molecule has 2 heterocycles. The van der Waals surface area contributed by atoms with E-state index in [-0.39, 0.29) is 0 Å². The Bertz CT molecular complexity index is 359. The van der Waals surface area contributed by atoms with Gasteiger partial charge in [-0.05, 0) is 20.3 Å². The second-order valence-corrected chi connectivity index (χ2v) is 6.13. The summed E-state index contributed by atoms with van der Waals surface area (Å²) in [6.07, 6.45) is 3.79. The van der Waals surface area contributed by atoms with Crippen molar-refractivity contribution in [2.75, 3.05) is 25.0 Å². The number of ether oxygens (including phenoxy) is 1. The van der Waals surface area contributed by atoms with Crippen LogP contribution >= 0.6 is 11.3 Å². The lowest BCUT2D eigenvalue weighted by atomic mass is 10.2. The van der Waals surface area contributed by atoms with Gasteiger partial charge in [-0.15, -0.1) is 11.3 Å². The van der Waals surface area contributed by atoms with Crippen LogP contribution in [0.25, 0.3) is 0 Å². The van der Waals surface area contributed by atoms with Gasteiger partial charge in [-0.2, -0.15) is 0 Å². The maximum absolute atomic E-state index is 5.75. The Morgan fingerprint density at radius 3 is 2.83 bits per heavy atom. The number of hydrogen-bond acceptors (Lipinski definition) is 5. The normalized spacial score (nSPS) is 25.3. The number of nitrogens with zero attached hydrogens (tertiary/aromatic N) is 2. The van der Waals surface area contributed by atoms with Crippen LogP contribution in [0.3, 0.4) is 0 Å². The molecule has 1 aliphatic rings. The highest BCUT2D eigenvalue weighted by atomic mass is 32.1. The molecule has 1 aliphatic heterocycles. The molecule has 2 atom stereocenters. The lowest BCUT2D eigenvalue weighted by molar-refractivity contribution is -0.0702. The fourth-order valence-corrected chi connectivity index (χ4v) is 3.21. The molecule has 1 aromatic rings. The topological polar surface area (TPSA) is 37.4 Å². The standard InChI is InChI=1S/C13H23N3OS/c1-4-5-14-13-15-6-12(18-13)9-16-7-10(2)17-11(3)8-16/h6,10-11H,4-5,7-9H2,1-3H3,(H,14,15)/t10-,11+. The van der Waals surface area contributed by atoms with E-state index in [9.17, 15) is 0 Å². The molecule has 18 heavy (non-hydrogen) atoms. The molecule has 5 heteroatoms. The van der Waals surface area contributed by atoms with Crippen molar-refractivity contribution in [3.8, 4) is 0 Å². The minimum absolute atomic E-state index is 0.333. The fourth-order valence-electron chi connectivity index (χ4n) is 2.33. The first-order valence-corrected chi connectivity index (χ1v) is 7.55. The van der Waals surface area contributed by atoms with Crippen LogP contribution < -0.4 is 5.32 Å². The third-order valence-corrected chi connectivity index (χ3v) is 3.89. The van der Waals surface area contributed by atoms with Gasteiger partial charge in [-0.3, -0.25) is 4.90 Å². The average Bonchev–Trinajstić information content (AvgIpc) is 2.72. The minimum atomic E-state index is 0.333. The van der Waals surface area contributed by atoms with Crippen molar-refractivity contribution < 1.29 is 4.74 Å². The van der Waals surface area contributed by atoms with Crippen molar-refractivity contribution in [1.82, 2.24) is 9.88 Å². The van der Waals surface area contributed by atoms with Gasteiger partial charge in [0, 0.05) is 37.3 Å². The van der Waals surface area contributed by atoms with Gasteiger partial charge in [0.05, 0.1) is 12.2 Å². The fraction of sp³-hybridized carbons (Fsp3) is 0.769. The summed E-state index contributed by atoms with van der Waals surface area (Å²) in [4.78, 5) is 8.19. The van der Waals surface area contributed by atoms with Gasteiger partial charge in [-0.1, -0.05) is 6.92 Å². The minimum Gasteiger partial charge on any atom is -0.373 e. The summed E-state index contributed by atoms with van der Waals surface area (Å²) >= 11 is 1.76. The van der Waals surface area contributed by atoms with E-state index in [4.69, 9.17) is 4.74 Å². The van der Waals surface area contributed by atoms with E-state index in [0.717, 1.165) is 37.7 Å². The Hall–Kier alpha value is -0.650. The van der Waals surface area contributed by atoms with Crippen LogP contribution in [-0.4, -0.2) is 41.7 Å². The Kier molecular flexibility index (Phi) is 4.97. The van der Waals surface area contributed by atoms with E-state index in [2.05, 4.69) is 36.0 Å². The number of hydrogen-bond donors (Lipinski definition) is 1. The summed E-state index contributed by atoms with van der Waals surface area (Å²) in [7, 11) is 0. The van der Waals surface area contributed by atoms with Crippen LogP contribution in [0.1, 0.15) is 32.1 Å². The number of thiazole rings is 1. The number of morpholine rings is 1. The molecule has 0 saturated carbocycles. The van der Waals surface area contributed by atoms with Gasteiger partial charge in [0.1, 0.15) is 0 Å². The molecule has 0 spiro atoms. The zero-order chi connectivity index (χ0) is 13.0. The Labute approximate surface area is 113 Å². The zero-order valence-corrected chi connectivity index (χ0v) is 12.3. The maximum Gasteiger partial charge on any atom is 0.182 e. The molecule has 4 nitrogen and oxygen atoms in total. The SMILES string of the molecule is CCCNc1ncc(CN2C[C@@H](C)O[C@@H](C)C2)s1. The van der Waals surface area contributed by atoms with Gasteiger partial charge < -0.3 is 10.1 Å². The Morgan fingerprint density at radius 1 is 1.44 bits per heavy atom. The van der Waals surface area contributed by atoms with E-state index >= 15 is 0 Å². The molecule has 2 rings (SSSR count). The number of nitrogens with one attached hydrogen (secondary N) is 1. The number of rotatable bonds is 5. The van der Waals surface area contributed by atoms with Crippen molar-refractivity contribution in [2.45, 2.75) is 45.9 Å². The summed E-state index contributed by atoms with van der Waals surface area (Å²) < 4.78 is 5.75. The zero-order valence-electron chi connectivity index (χ0n) is 11.5. The Balaban J connectivity index is 1.86. The second kappa shape index (κ2) is 6.50. The van der Waals surface area contributed by atoms with Crippen LogP contribution in [0.4, 0.5) is 5.13 Å². The van der Waals surface area contributed by atoms with Crippen LogP contribution in [0, 0.1) is 0 Å². The van der Waals surface area contributed by atoms with Gasteiger partial charge in [0.25, 0.3) is 0 Å². The molecule has 0 amide bonds. The highest BCUT2D eigenvalue weighted by Gasteiger charge is 2.22. The maximum atomic E-state index is 5.75. The van der Waals surface area contributed by atoms with Crippen molar-refractivity contribution >= 4 is 16.5 Å². The smallest absolute Gasteiger partial charge is 0.182 e. The van der Waals surface area contributed by atoms with Crippen molar-refractivity contribution in [3.63, 3.8) is 0 Å². The lowest BCUT2D eigenvalue weighted by Gasteiger charge is -2.34. The van der Waals surface area contributed by atoms with Gasteiger partial charge in [0.15, 0.2) is 5.13 Å². The molecule has 0 aromatic carbocycles. The predicted molar refractivity (Wildman–Crippen MR) is 76.2 cm³/mol. The third-order valence-electron chi connectivity index (χ3n) is 2.95. The van der Waals surface area contributed by atoms with E-state index < -0.39 is 0 Å². The molecule has 0 unspecified atom stereocenters. The van der Waals surface area contributed by atoms with Crippen LogP contribution in [0.15, 0.2) is 6.20 Å². The highest BCUT2D eigenvalue weighted by molar-refractivity contribution is 7.15. The van der Waals surface area contributed by atoms with Crippen LogP contribution in [0.2, 0.25) is 0 Å². The predicted octanol–water partition coefficient (Wildman–Crippen LogP) is 2.57. The van der Waals surface area contributed by atoms with Crippen molar-refractivity contribution in [1.29, 1.82) is 0 Å². The molecule has 1 aromatic heterocycles. The Morgan fingerprint density at radius 2 is 2.17 bits per heavy atom. The second-order valence-electron chi connectivity index (χ2n) is 5.01. The first-order valence-electron chi connectivity index (χ1n) is 6.73. The number of aromatic nitrogens is 1. The molecule has 1 saturated heterocycles. The molecular weight excluding hydrogens is 246 g/mol. The summed E-state index contributed by atoms with van der Waals surface area (Å²) in [5, 5.41) is 4.38. The first-order chi connectivity index (χ1) is 8.67. The van der Waals surface area contributed by atoms with Crippen molar-refractivity contribution in [2.24, 2.45) is 0 Å². The summed E-state index contributed by atoms with van der Waals surface area (Å²) in [6.45, 7) is 10.5. The van der Waals surface area contributed by atoms with E-state index in [0.29, 0.717) is 12.2 Å². The van der Waals surface area contributed by atoms with E-state index in [1.807, 2.05) is 6.20 Å². The third kappa shape index (κ3) is 3.93. The summed E-state index contributed by atoms with van der Waals surface area (Å²) in [5.41, 5.74) is 0. The van der Waals surface area contributed by atoms with Gasteiger partial charge >= 0.3 is 0 Å². The highest BCUT2D eigenvalue weighted by Crippen LogP contribution is 2.21. The first kappa shape index (κ1) is 13.8. The molecule has 1 N–H and O–H groups in total. The molecule has 102 valence electrons. The van der Waals surface area contributed by atoms with Gasteiger partial charge in [0.2, 0.25) is 0 Å². The van der Waals surface area contributed by atoms with E-state index in [1.165, 1.54) is 4.88 Å².